The fourth-order valence-electron chi connectivity index (χ4n) is 2.79. The van der Waals surface area contributed by atoms with E-state index in [0.29, 0.717) is 18.0 Å². The molecule has 0 bridgehead atoms. The van der Waals surface area contributed by atoms with Gasteiger partial charge in [-0.25, -0.2) is 8.42 Å². The second-order valence-electron chi connectivity index (χ2n) is 5.74. The fraction of sp³-hybridized carbons (Fsp3) is 0.375. The van der Waals surface area contributed by atoms with Crippen molar-refractivity contribution in [3.63, 3.8) is 0 Å². The molecule has 3 rings (SSSR count). The van der Waals surface area contributed by atoms with Gasteiger partial charge in [0.1, 0.15) is 0 Å². The van der Waals surface area contributed by atoms with Gasteiger partial charge in [-0.15, -0.1) is 0 Å². The Balaban J connectivity index is 2.03. The van der Waals surface area contributed by atoms with Gasteiger partial charge in [0.25, 0.3) is 0 Å². The molecule has 5 heteroatoms. The number of hydrogen-bond acceptors (Lipinski definition) is 3. The van der Waals surface area contributed by atoms with E-state index >= 15 is 0 Å². The number of sulfonamides is 1. The molecule has 0 spiro atoms. The van der Waals surface area contributed by atoms with E-state index in [1.165, 1.54) is 0 Å². The number of benzene rings is 2. The molecule has 1 heterocycles. The third-order valence-electron chi connectivity index (χ3n) is 4.03. The summed E-state index contributed by atoms with van der Waals surface area (Å²) in [7, 11) is -3.44. The average Bonchev–Trinajstić information content (AvgIpc) is 2.49. The summed E-state index contributed by atoms with van der Waals surface area (Å²) in [6, 6.07) is 13.3. The maximum absolute atomic E-state index is 12.9. The average molecular weight is 304 g/mol. The minimum Gasteiger partial charge on any atom is -0.311 e. The minimum atomic E-state index is -3.44. The molecule has 0 radical (unpaired) electrons. The summed E-state index contributed by atoms with van der Waals surface area (Å²) < 4.78 is 27.4. The molecule has 1 fully saturated rings. The van der Waals surface area contributed by atoms with Crippen molar-refractivity contribution >= 4 is 20.8 Å². The fourth-order valence-corrected chi connectivity index (χ4v) is 4.54. The Morgan fingerprint density at radius 2 is 1.81 bits per heavy atom. The van der Waals surface area contributed by atoms with E-state index in [1.807, 2.05) is 44.2 Å². The van der Waals surface area contributed by atoms with Gasteiger partial charge < -0.3 is 5.32 Å². The highest BCUT2D eigenvalue weighted by atomic mass is 32.2. The molecule has 112 valence electrons. The van der Waals surface area contributed by atoms with Crippen LogP contribution in [0.3, 0.4) is 0 Å². The summed E-state index contributed by atoms with van der Waals surface area (Å²) in [5.41, 5.74) is 0. The molecule has 0 aromatic heterocycles. The van der Waals surface area contributed by atoms with Gasteiger partial charge in [-0.05, 0) is 36.8 Å². The highest BCUT2D eigenvalue weighted by molar-refractivity contribution is 7.89. The number of fused-ring (bicyclic) bond motifs is 1. The van der Waals surface area contributed by atoms with Crippen LogP contribution >= 0.6 is 0 Å². The Kier molecular flexibility index (Phi) is 3.73. The molecular formula is C16H20N2O2S. The van der Waals surface area contributed by atoms with E-state index < -0.39 is 10.0 Å². The third kappa shape index (κ3) is 2.69. The van der Waals surface area contributed by atoms with Crippen molar-refractivity contribution in [1.82, 2.24) is 9.62 Å². The number of nitrogens with zero attached hydrogens (tertiary/aromatic N) is 1. The Morgan fingerprint density at radius 3 is 2.57 bits per heavy atom. The lowest BCUT2D eigenvalue weighted by Crippen LogP contribution is -2.56. The van der Waals surface area contributed by atoms with Crippen LogP contribution in [0.15, 0.2) is 47.4 Å². The first kappa shape index (κ1) is 14.5. The predicted octanol–water partition coefficient (Wildman–Crippen LogP) is 2.21. The van der Waals surface area contributed by atoms with Gasteiger partial charge in [0.15, 0.2) is 0 Å². The maximum atomic E-state index is 12.9. The Morgan fingerprint density at radius 1 is 1.10 bits per heavy atom. The molecule has 0 amide bonds. The van der Waals surface area contributed by atoms with Crippen molar-refractivity contribution in [2.45, 2.75) is 30.8 Å². The van der Waals surface area contributed by atoms with Gasteiger partial charge in [-0.3, -0.25) is 0 Å². The lowest BCUT2D eigenvalue weighted by Gasteiger charge is -2.36. The zero-order valence-electron chi connectivity index (χ0n) is 12.3. The van der Waals surface area contributed by atoms with Crippen molar-refractivity contribution in [2.75, 3.05) is 13.1 Å². The largest absolute Gasteiger partial charge is 0.311 e. The quantitative estimate of drug-likeness (QED) is 0.925. The van der Waals surface area contributed by atoms with Crippen molar-refractivity contribution in [3.8, 4) is 0 Å². The van der Waals surface area contributed by atoms with Crippen LogP contribution < -0.4 is 5.32 Å². The standard InChI is InChI=1S/C16H20N2O2S/c1-12-11-18(13(2)10-17-12)21(19,20)16-8-7-14-5-3-4-6-15(14)9-16/h3-9,12-13,17H,10-11H2,1-2H3. The molecule has 0 aliphatic carbocycles. The number of rotatable bonds is 2. The second-order valence-corrected chi connectivity index (χ2v) is 7.63. The van der Waals surface area contributed by atoms with Crippen LogP contribution in [-0.4, -0.2) is 37.9 Å². The van der Waals surface area contributed by atoms with Crippen molar-refractivity contribution in [3.05, 3.63) is 42.5 Å². The van der Waals surface area contributed by atoms with E-state index in [4.69, 9.17) is 0 Å². The first-order valence-electron chi connectivity index (χ1n) is 7.22. The van der Waals surface area contributed by atoms with Gasteiger partial charge in [0.05, 0.1) is 4.90 Å². The highest BCUT2D eigenvalue weighted by Gasteiger charge is 2.33. The molecule has 4 nitrogen and oxygen atoms in total. The number of piperazine rings is 1. The van der Waals surface area contributed by atoms with Crippen LogP contribution in [0.5, 0.6) is 0 Å². The van der Waals surface area contributed by atoms with Crippen molar-refractivity contribution in [2.24, 2.45) is 0 Å². The van der Waals surface area contributed by atoms with Gasteiger partial charge in [0.2, 0.25) is 10.0 Å². The van der Waals surface area contributed by atoms with E-state index in [1.54, 1.807) is 16.4 Å². The summed E-state index contributed by atoms with van der Waals surface area (Å²) in [5, 5.41) is 5.32. The van der Waals surface area contributed by atoms with E-state index in [2.05, 4.69) is 5.32 Å². The van der Waals surface area contributed by atoms with Gasteiger partial charge in [-0.1, -0.05) is 30.3 Å². The van der Waals surface area contributed by atoms with Crippen molar-refractivity contribution in [1.29, 1.82) is 0 Å². The molecule has 2 atom stereocenters. The van der Waals surface area contributed by atoms with Crippen LogP contribution in [0.1, 0.15) is 13.8 Å². The number of nitrogens with one attached hydrogen (secondary N) is 1. The van der Waals surface area contributed by atoms with Crippen LogP contribution in [0, 0.1) is 0 Å². The van der Waals surface area contributed by atoms with Gasteiger partial charge in [-0.2, -0.15) is 4.31 Å². The predicted molar refractivity (Wildman–Crippen MR) is 84.8 cm³/mol. The third-order valence-corrected chi connectivity index (χ3v) is 6.01. The Labute approximate surface area is 125 Å². The van der Waals surface area contributed by atoms with E-state index in [9.17, 15) is 8.42 Å². The minimum absolute atomic E-state index is 0.0299. The van der Waals surface area contributed by atoms with Crippen LogP contribution in [-0.2, 0) is 10.0 Å². The summed E-state index contributed by atoms with van der Waals surface area (Å²) in [5.74, 6) is 0. The molecule has 1 aliphatic heterocycles. The maximum Gasteiger partial charge on any atom is 0.243 e. The normalized spacial score (nSPS) is 24.3. The molecule has 1 N–H and O–H groups in total. The van der Waals surface area contributed by atoms with Crippen LogP contribution in [0.2, 0.25) is 0 Å². The second kappa shape index (κ2) is 5.40. The Hall–Kier alpha value is -1.43. The summed E-state index contributed by atoms with van der Waals surface area (Å²) >= 11 is 0. The summed E-state index contributed by atoms with van der Waals surface area (Å²) in [6.45, 7) is 5.15. The molecule has 2 aromatic rings. The lowest BCUT2D eigenvalue weighted by atomic mass is 10.1. The van der Waals surface area contributed by atoms with Gasteiger partial charge in [0, 0.05) is 25.2 Å². The lowest BCUT2D eigenvalue weighted by molar-refractivity contribution is 0.244. The molecular weight excluding hydrogens is 284 g/mol. The van der Waals surface area contributed by atoms with Gasteiger partial charge >= 0.3 is 0 Å². The summed E-state index contributed by atoms with van der Waals surface area (Å²) in [6.07, 6.45) is 0. The van der Waals surface area contributed by atoms with Crippen molar-refractivity contribution < 1.29 is 8.42 Å². The topological polar surface area (TPSA) is 49.4 Å². The molecule has 1 aliphatic rings. The molecule has 0 saturated carbocycles. The molecule has 21 heavy (non-hydrogen) atoms. The molecule has 2 aromatic carbocycles. The zero-order chi connectivity index (χ0) is 15.0. The monoisotopic (exact) mass is 304 g/mol. The zero-order valence-corrected chi connectivity index (χ0v) is 13.1. The van der Waals surface area contributed by atoms with Crippen LogP contribution in [0.4, 0.5) is 0 Å². The highest BCUT2D eigenvalue weighted by Crippen LogP contribution is 2.24. The van der Waals surface area contributed by atoms with Crippen LogP contribution in [0.25, 0.3) is 10.8 Å². The van der Waals surface area contributed by atoms with E-state index in [0.717, 1.165) is 10.8 Å². The first-order valence-corrected chi connectivity index (χ1v) is 8.66. The molecule has 1 saturated heterocycles. The Bertz CT molecular complexity index is 758. The smallest absolute Gasteiger partial charge is 0.243 e. The summed E-state index contributed by atoms with van der Waals surface area (Å²) in [4.78, 5) is 0.377. The molecule has 2 unspecified atom stereocenters. The van der Waals surface area contributed by atoms with E-state index in [-0.39, 0.29) is 12.1 Å². The SMILES string of the molecule is CC1CN(S(=O)(=O)c2ccc3ccccc3c2)C(C)CN1. The number of hydrogen-bond donors (Lipinski definition) is 1. The first-order chi connectivity index (χ1) is 9.98.